The standard InChI is InChI=1S/C20H14O.Li/c1-3-11-17-15(7-1)9-5-13-19(17)21-20-14-6-10-16-8-2-4-12-18(16)20;/h1-14H;. The molecule has 0 bridgehead atoms. The molecule has 101 valence electrons. The second kappa shape index (κ2) is 6.28. The first-order valence-corrected chi connectivity index (χ1v) is 7.05. The van der Waals surface area contributed by atoms with Gasteiger partial charge in [-0.1, -0.05) is 72.8 Å². The van der Waals surface area contributed by atoms with E-state index >= 15 is 0 Å². The molecule has 0 aliphatic carbocycles. The Morgan fingerprint density at radius 1 is 0.455 bits per heavy atom. The average Bonchev–Trinajstić information content (AvgIpc) is 2.56. The second-order valence-corrected chi connectivity index (χ2v) is 5.06. The van der Waals surface area contributed by atoms with Crippen LogP contribution < -0.4 is 4.74 Å². The first-order valence-electron chi connectivity index (χ1n) is 7.05. The van der Waals surface area contributed by atoms with Crippen molar-refractivity contribution in [2.75, 3.05) is 0 Å². The van der Waals surface area contributed by atoms with Crippen molar-refractivity contribution in [1.29, 1.82) is 0 Å². The van der Waals surface area contributed by atoms with Crippen molar-refractivity contribution in [1.82, 2.24) is 0 Å². The number of ether oxygens (including phenoxy) is 1. The predicted octanol–water partition coefficient (Wildman–Crippen LogP) is 5.40. The van der Waals surface area contributed by atoms with E-state index in [1.165, 1.54) is 10.8 Å². The van der Waals surface area contributed by atoms with Crippen LogP contribution in [-0.4, -0.2) is 18.9 Å². The molecule has 0 aliphatic heterocycles. The van der Waals surface area contributed by atoms with Crippen LogP contribution in [0.15, 0.2) is 84.9 Å². The molecule has 22 heavy (non-hydrogen) atoms. The van der Waals surface area contributed by atoms with Crippen LogP contribution in [0.2, 0.25) is 0 Å². The molecule has 1 radical (unpaired) electrons. The zero-order chi connectivity index (χ0) is 14.1. The molecule has 0 atom stereocenters. The Morgan fingerprint density at radius 2 is 0.864 bits per heavy atom. The van der Waals surface area contributed by atoms with Crippen LogP contribution in [0.5, 0.6) is 11.5 Å². The van der Waals surface area contributed by atoms with E-state index < -0.39 is 0 Å². The summed E-state index contributed by atoms with van der Waals surface area (Å²) in [6, 6.07) is 28.9. The molecule has 4 rings (SSSR count). The van der Waals surface area contributed by atoms with Crippen LogP contribution >= 0.6 is 0 Å². The summed E-state index contributed by atoms with van der Waals surface area (Å²) in [6.07, 6.45) is 0. The predicted molar refractivity (Wildman–Crippen MR) is 93.7 cm³/mol. The fourth-order valence-corrected chi connectivity index (χ4v) is 2.69. The van der Waals surface area contributed by atoms with E-state index in [1.54, 1.807) is 0 Å². The van der Waals surface area contributed by atoms with Gasteiger partial charge in [-0.05, 0) is 22.9 Å². The van der Waals surface area contributed by atoms with E-state index in [4.69, 9.17) is 4.74 Å². The molecular weight excluding hydrogens is 263 g/mol. The van der Waals surface area contributed by atoms with Crippen LogP contribution in [0, 0.1) is 0 Å². The van der Waals surface area contributed by atoms with Crippen molar-refractivity contribution in [2.24, 2.45) is 0 Å². The van der Waals surface area contributed by atoms with Gasteiger partial charge in [-0.3, -0.25) is 0 Å². The van der Waals surface area contributed by atoms with Crippen LogP contribution in [0.1, 0.15) is 0 Å². The second-order valence-electron chi connectivity index (χ2n) is 5.06. The fourth-order valence-electron chi connectivity index (χ4n) is 2.69. The molecule has 0 heterocycles. The van der Waals surface area contributed by atoms with Crippen molar-refractivity contribution in [3.8, 4) is 11.5 Å². The quantitative estimate of drug-likeness (QED) is 0.445. The van der Waals surface area contributed by atoms with Crippen molar-refractivity contribution in [3.05, 3.63) is 84.9 Å². The monoisotopic (exact) mass is 277 g/mol. The van der Waals surface area contributed by atoms with Gasteiger partial charge in [-0.2, -0.15) is 0 Å². The summed E-state index contributed by atoms with van der Waals surface area (Å²) in [6.45, 7) is 0. The van der Waals surface area contributed by atoms with Gasteiger partial charge in [-0.25, -0.2) is 0 Å². The van der Waals surface area contributed by atoms with Crippen molar-refractivity contribution >= 4 is 40.4 Å². The third-order valence-corrected chi connectivity index (χ3v) is 3.72. The maximum Gasteiger partial charge on any atom is 0.135 e. The molecule has 0 N–H and O–H groups in total. The van der Waals surface area contributed by atoms with E-state index in [0.717, 1.165) is 22.3 Å². The van der Waals surface area contributed by atoms with Crippen molar-refractivity contribution in [3.63, 3.8) is 0 Å². The van der Waals surface area contributed by atoms with Crippen LogP contribution in [0.25, 0.3) is 21.5 Å². The normalized spacial score (nSPS) is 10.4. The van der Waals surface area contributed by atoms with Gasteiger partial charge in [0, 0.05) is 29.6 Å². The molecule has 0 amide bonds. The third-order valence-electron chi connectivity index (χ3n) is 3.72. The summed E-state index contributed by atoms with van der Waals surface area (Å²) in [4.78, 5) is 0. The zero-order valence-electron chi connectivity index (χ0n) is 12.5. The Labute approximate surface area is 141 Å². The van der Waals surface area contributed by atoms with E-state index in [-0.39, 0.29) is 18.9 Å². The van der Waals surface area contributed by atoms with Crippen LogP contribution in [0.3, 0.4) is 0 Å². The van der Waals surface area contributed by atoms with Gasteiger partial charge in [0.1, 0.15) is 11.5 Å². The van der Waals surface area contributed by atoms with Gasteiger partial charge in [0.15, 0.2) is 0 Å². The van der Waals surface area contributed by atoms with Gasteiger partial charge >= 0.3 is 0 Å². The van der Waals surface area contributed by atoms with Crippen molar-refractivity contribution < 1.29 is 4.74 Å². The molecule has 4 aromatic carbocycles. The SMILES string of the molecule is [Li].c1ccc2c(Oc3cccc4ccccc34)cccc2c1. The molecule has 0 fully saturated rings. The summed E-state index contributed by atoms with van der Waals surface area (Å²) in [7, 11) is 0. The molecule has 2 heteroatoms. The Hall–Kier alpha value is -2.20. The third kappa shape index (κ3) is 2.62. The van der Waals surface area contributed by atoms with Crippen molar-refractivity contribution in [2.45, 2.75) is 0 Å². The molecule has 1 nitrogen and oxygen atoms in total. The maximum atomic E-state index is 6.20. The first-order chi connectivity index (χ1) is 10.4. The van der Waals surface area contributed by atoms with Gasteiger partial charge in [0.25, 0.3) is 0 Å². The minimum Gasteiger partial charge on any atom is -0.456 e. The summed E-state index contributed by atoms with van der Waals surface area (Å²) in [5.74, 6) is 1.79. The molecule has 0 aromatic heterocycles. The Morgan fingerprint density at radius 3 is 1.36 bits per heavy atom. The Bertz CT molecular complexity index is 843. The summed E-state index contributed by atoms with van der Waals surface area (Å²) in [5, 5.41) is 4.64. The summed E-state index contributed by atoms with van der Waals surface area (Å²) >= 11 is 0. The minimum atomic E-state index is 0. The fraction of sp³-hybridized carbons (Fsp3) is 0. The largest absolute Gasteiger partial charge is 0.456 e. The number of fused-ring (bicyclic) bond motifs is 2. The van der Waals surface area contributed by atoms with E-state index in [9.17, 15) is 0 Å². The molecule has 0 saturated heterocycles. The first kappa shape index (κ1) is 14.7. The molecule has 0 aliphatic rings. The number of hydrogen-bond acceptors (Lipinski definition) is 1. The smallest absolute Gasteiger partial charge is 0.135 e. The average molecular weight is 277 g/mol. The van der Waals surface area contributed by atoms with Gasteiger partial charge in [-0.15, -0.1) is 0 Å². The van der Waals surface area contributed by atoms with Gasteiger partial charge < -0.3 is 4.74 Å². The minimum absolute atomic E-state index is 0. The summed E-state index contributed by atoms with van der Waals surface area (Å²) < 4.78 is 6.20. The molecule has 0 saturated carbocycles. The molecule has 0 unspecified atom stereocenters. The van der Waals surface area contributed by atoms with E-state index in [0.29, 0.717) is 0 Å². The maximum absolute atomic E-state index is 6.20. The van der Waals surface area contributed by atoms with Gasteiger partial charge in [0.2, 0.25) is 0 Å². The van der Waals surface area contributed by atoms with Crippen LogP contribution in [-0.2, 0) is 0 Å². The van der Waals surface area contributed by atoms with Gasteiger partial charge in [0.05, 0.1) is 0 Å². The van der Waals surface area contributed by atoms with Crippen LogP contribution in [0.4, 0.5) is 0 Å². The number of hydrogen-bond donors (Lipinski definition) is 0. The molecular formula is C20H14LiO. The molecule has 4 aromatic rings. The Balaban J connectivity index is 0.00000144. The topological polar surface area (TPSA) is 9.23 Å². The zero-order valence-corrected chi connectivity index (χ0v) is 12.5. The number of benzene rings is 4. The van der Waals surface area contributed by atoms with E-state index in [2.05, 4.69) is 36.4 Å². The Kier molecular flexibility index (Phi) is 4.20. The van der Waals surface area contributed by atoms with E-state index in [1.807, 2.05) is 48.5 Å². The molecule has 0 spiro atoms. The summed E-state index contributed by atoms with van der Waals surface area (Å²) in [5.41, 5.74) is 0. The number of rotatable bonds is 2.